The van der Waals surface area contributed by atoms with E-state index in [0.29, 0.717) is 24.1 Å². The standard InChI is InChI=1S/C30H29Cl2N3O4/c1-4-39-29(38)24(35-26-21(27(36)30(26,2)3)14-18-8-6-5-7-9-18)15-19-10-12-20(13-11-19)34-28(37)25-22(31)16-33-17-23(25)32/h5-13,16-17,24,35H,4,14-15H2,1-3H3,(H,34,37)/t24-/m0/s1. The topological polar surface area (TPSA) is 97.4 Å². The van der Waals surface area contributed by atoms with E-state index < -0.39 is 23.3 Å². The Morgan fingerprint density at radius 2 is 1.62 bits per heavy atom. The SMILES string of the molecule is CCOC(=O)[C@H](Cc1ccc(NC(=O)c2c(Cl)cncc2Cl)cc1)NC1=C(Cc2ccccc2)C(=O)C1(C)C. The molecule has 0 bridgehead atoms. The van der Waals surface area contributed by atoms with E-state index in [9.17, 15) is 14.4 Å². The van der Waals surface area contributed by atoms with E-state index >= 15 is 0 Å². The number of Topliss-reactive ketones (excluding diaryl/α,β-unsaturated/α-hetero) is 1. The summed E-state index contributed by atoms with van der Waals surface area (Å²) in [6, 6.07) is 16.1. The molecule has 1 heterocycles. The average molecular weight is 566 g/mol. The van der Waals surface area contributed by atoms with E-state index in [4.69, 9.17) is 27.9 Å². The van der Waals surface area contributed by atoms with Crippen molar-refractivity contribution in [2.75, 3.05) is 11.9 Å². The van der Waals surface area contributed by atoms with Crippen LogP contribution in [0.3, 0.4) is 0 Å². The summed E-state index contributed by atoms with van der Waals surface area (Å²) in [5.41, 5.74) is 3.24. The number of aromatic nitrogens is 1. The van der Waals surface area contributed by atoms with Crippen molar-refractivity contribution >= 4 is 46.5 Å². The first-order chi connectivity index (χ1) is 18.6. The van der Waals surface area contributed by atoms with Crippen LogP contribution in [0, 0.1) is 5.41 Å². The summed E-state index contributed by atoms with van der Waals surface area (Å²) >= 11 is 12.2. The number of anilines is 1. The maximum Gasteiger partial charge on any atom is 0.328 e. The van der Waals surface area contributed by atoms with Gasteiger partial charge in [0.1, 0.15) is 6.04 Å². The lowest BCUT2D eigenvalue weighted by atomic mass is 9.67. The van der Waals surface area contributed by atoms with Crippen LogP contribution in [0.15, 0.2) is 78.3 Å². The molecule has 0 fully saturated rings. The normalized spacial score (nSPS) is 14.8. The van der Waals surface area contributed by atoms with Gasteiger partial charge in [0.2, 0.25) is 0 Å². The van der Waals surface area contributed by atoms with Crippen molar-refractivity contribution < 1.29 is 19.1 Å². The van der Waals surface area contributed by atoms with Crippen LogP contribution >= 0.6 is 23.2 Å². The Morgan fingerprint density at radius 3 is 2.23 bits per heavy atom. The number of nitrogens with one attached hydrogen (secondary N) is 2. The van der Waals surface area contributed by atoms with Gasteiger partial charge in [-0.05, 0) is 44.0 Å². The molecular weight excluding hydrogens is 537 g/mol. The van der Waals surface area contributed by atoms with Crippen molar-refractivity contribution in [3.05, 3.63) is 105 Å². The van der Waals surface area contributed by atoms with Gasteiger partial charge in [0, 0.05) is 42.2 Å². The summed E-state index contributed by atoms with van der Waals surface area (Å²) in [4.78, 5) is 42.4. The van der Waals surface area contributed by atoms with Crippen LogP contribution in [-0.2, 0) is 27.2 Å². The third kappa shape index (κ3) is 6.32. The number of hydrogen-bond acceptors (Lipinski definition) is 6. The smallest absolute Gasteiger partial charge is 0.328 e. The fourth-order valence-corrected chi connectivity index (χ4v) is 5.08. The molecule has 0 aliphatic heterocycles. The lowest BCUT2D eigenvalue weighted by Gasteiger charge is -2.41. The van der Waals surface area contributed by atoms with Crippen LogP contribution < -0.4 is 10.6 Å². The maximum atomic E-state index is 12.9. The van der Waals surface area contributed by atoms with Gasteiger partial charge < -0.3 is 15.4 Å². The van der Waals surface area contributed by atoms with Crippen LogP contribution in [0.2, 0.25) is 10.0 Å². The van der Waals surface area contributed by atoms with E-state index in [1.165, 1.54) is 12.4 Å². The van der Waals surface area contributed by atoms with Gasteiger partial charge in [-0.3, -0.25) is 14.6 Å². The number of halogens is 2. The van der Waals surface area contributed by atoms with E-state index in [-0.39, 0.29) is 28.0 Å². The molecule has 1 aliphatic carbocycles. The molecule has 0 saturated carbocycles. The molecule has 202 valence electrons. The zero-order valence-electron chi connectivity index (χ0n) is 21.9. The fourth-order valence-electron chi connectivity index (χ4n) is 4.55. The first kappa shape index (κ1) is 28.3. The molecule has 7 nitrogen and oxygen atoms in total. The number of amides is 1. The number of rotatable bonds is 10. The van der Waals surface area contributed by atoms with Crippen molar-refractivity contribution in [3.63, 3.8) is 0 Å². The molecule has 1 aliphatic rings. The van der Waals surface area contributed by atoms with Crippen LogP contribution in [0.1, 0.15) is 42.3 Å². The molecule has 1 aromatic heterocycles. The Bertz CT molecular complexity index is 1400. The third-order valence-corrected chi connectivity index (χ3v) is 7.19. The van der Waals surface area contributed by atoms with Crippen molar-refractivity contribution in [1.29, 1.82) is 0 Å². The van der Waals surface area contributed by atoms with Gasteiger partial charge in [0.25, 0.3) is 5.91 Å². The first-order valence-electron chi connectivity index (χ1n) is 12.6. The largest absolute Gasteiger partial charge is 0.464 e. The van der Waals surface area contributed by atoms with Gasteiger partial charge in [-0.1, -0.05) is 65.7 Å². The summed E-state index contributed by atoms with van der Waals surface area (Å²) < 4.78 is 5.35. The van der Waals surface area contributed by atoms with E-state index in [1.807, 2.05) is 56.3 Å². The Labute approximate surface area is 237 Å². The van der Waals surface area contributed by atoms with E-state index in [2.05, 4.69) is 15.6 Å². The van der Waals surface area contributed by atoms with Crippen LogP contribution in [-0.4, -0.2) is 35.3 Å². The summed E-state index contributed by atoms with van der Waals surface area (Å²) in [5.74, 6) is -0.800. The zero-order chi connectivity index (χ0) is 28.2. The molecule has 1 atom stereocenters. The van der Waals surface area contributed by atoms with Gasteiger partial charge in [0.15, 0.2) is 5.78 Å². The molecule has 9 heteroatoms. The summed E-state index contributed by atoms with van der Waals surface area (Å²) in [7, 11) is 0. The number of pyridine rings is 1. The number of allylic oxidation sites excluding steroid dienone is 2. The number of carbonyl (C=O) groups is 3. The molecule has 0 unspecified atom stereocenters. The highest BCUT2D eigenvalue weighted by atomic mass is 35.5. The minimum Gasteiger partial charge on any atom is -0.464 e. The highest BCUT2D eigenvalue weighted by molar-refractivity contribution is 6.40. The van der Waals surface area contributed by atoms with Gasteiger partial charge in [-0.25, -0.2) is 4.79 Å². The van der Waals surface area contributed by atoms with Crippen molar-refractivity contribution in [3.8, 4) is 0 Å². The van der Waals surface area contributed by atoms with Gasteiger partial charge >= 0.3 is 5.97 Å². The molecule has 39 heavy (non-hydrogen) atoms. The fraction of sp³-hybridized carbons (Fsp3) is 0.267. The van der Waals surface area contributed by atoms with E-state index in [0.717, 1.165) is 16.8 Å². The number of ether oxygens (including phenoxy) is 1. The Hall–Kier alpha value is -3.68. The van der Waals surface area contributed by atoms with Gasteiger partial charge in [0.05, 0.1) is 27.6 Å². The molecule has 2 N–H and O–H groups in total. The molecular formula is C30H29Cl2N3O4. The minimum atomic E-state index is -0.724. The van der Waals surface area contributed by atoms with Crippen molar-refractivity contribution in [1.82, 2.24) is 10.3 Å². The van der Waals surface area contributed by atoms with Gasteiger partial charge in [-0.2, -0.15) is 0 Å². The number of ketones is 1. The van der Waals surface area contributed by atoms with Crippen LogP contribution in [0.4, 0.5) is 5.69 Å². The van der Waals surface area contributed by atoms with Crippen molar-refractivity contribution in [2.24, 2.45) is 5.41 Å². The third-order valence-electron chi connectivity index (χ3n) is 6.61. The summed E-state index contributed by atoms with van der Waals surface area (Å²) in [6.45, 7) is 5.70. The summed E-state index contributed by atoms with van der Waals surface area (Å²) in [5, 5.41) is 6.41. The summed E-state index contributed by atoms with van der Waals surface area (Å²) in [6.07, 6.45) is 3.51. The quantitative estimate of drug-likeness (QED) is 0.301. The number of benzene rings is 2. The molecule has 1 amide bonds. The average Bonchev–Trinajstić information content (AvgIpc) is 2.91. The molecule has 3 aromatic rings. The van der Waals surface area contributed by atoms with E-state index in [1.54, 1.807) is 19.1 Å². The highest BCUT2D eigenvalue weighted by Gasteiger charge is 2.47. The second-order valence-corrected chi connectivity index (χ2v) is 10.6. The lowest BCUT2D eigenvalue weighted by Crippen LogP contribution is -2.51. The maximum absolute atomic E-state index is 12.9. The lowest BCUT2D eigenvalue weighted by molar-refractivity contribution is -0.145. The molecule has 2 aromatic carbocycles. The monoisotopic (exact) mass is 565 g/mol. The predicted octanol–water partition coefficient (Wildman–Crippen LogP) is 5.81. The first-order valence-corrected chi connectivity index (χ1v) is 13.3. The Kier molecular flexibility index (Phi) is 8.73. The second kappa shape index (κ2) is 12.0. The number of esters is 1. The zero-order valence-corrected chi connectivity index (χ0v) is 23.4. The number of nitrogens with zero attached hydrogens (tertiary/aromatic N) is 1. The highest BCUT2D eigenvalue weighted by Crippen LogP contribution is 2.42. The van der Waals surface area contributed by atoms with Gasteiger partial charge in [-0.15, -0.1) is 0 Å². The molecule has 0 radical (unpaired) electrons. The van der Waals surface area contributed by atoms with Crippen molar-refractivity contribution in [2.45, 2.75) is 39.7 Å². The van der Waals surface area contributed by atoms with Crippen LogP contribution in [0.5, 0.6) is 0 Å². The Morgan fingerprint density at radius 1 is 0.974 bits per heavy atom. The number of carbonyl (C=O) groups excluding carboxylic acids is 3. The molecule has 4 rings (SSSR count). The minimum absolute atomic E-state index is 0.0611. The molecule has 0 saturated heterocycles. The van der Waals surface area contributed by atoms with Crippen LogP contribution in [0.25, 0.3) is 0 Å². The second-order valence-electron chi connectivity index (χ2n) is 9.75. The Balaban J connectivity index is 1.52. The number of hydrogen-bond donors (Lipinski definition) is 2. The molecule has 0 spiro atoms. The predicted molar refractivity (Wildman–Crippen MR) is 152 cm³/mol.